The number of para-hydroxylation sites is 1. The molecule has 0 bridgehead atoms. The zero-order valence-electron chi connectivity index (χ0n) is 7.85. The maximum absolute atomic E-state index is 13.3. The zero-order valence-corrected chi connectivity index (χ0v) is 7.85. The fraction of sp³-hybridized carbons (Fsp3) is 0. The van der Waals surface area contributed by atoms with E-state index in [0.717, 1.165) is 5.69 Å². The molecule has 0 fully saturated rings. The van der Waals surface area contributed by atoms with Crippen molar-refractivity contribution in [1.29, 1.82) is 0 Å². The molecular weight excluding hydrogens is 193 g/mol. The molecule has 0 aromatic heterocycles. The van der Waals surface area contributed by atoms with Crippen molar-refractivity contribution in [3.8, 4) is 0 Å². The predicted molar refractivity (Wildman–Crippen MR) is 56.5 cm³/mol. The second kappa shape index (κ2) is 3.95. The minimum Gasteiger partial charge on any atom is -0.305 e. The van der Waals surface area contributed by atoms with Gasteiger partial charge in [0.1, 0.15) is 0 Å². The lowest BCUT2D eigenvalue weighted by atomic mass is 10.2. The lowest BCUT2D eigenvalue weighted by molar-refractivity contribution is 0.563. The molecule has 1 aromatic rings. The van der Waals surface area contributed by atoms with Crippen molar-refractivity contribution in [3.63, 3.8) is 0 Å². The summed E-state index contributed by atoms with van der Waals surface area (Å²) in [5, 5.41) is 0. The first-order valence-corrected chi connectivity index (χ1v) is 4.46. The lowest BCUT2D eigenvalue weighted by Crippen LogP contribution is -2.18. The fourth-order valence-electron chi connectivity index (χ4n) is 1.38. The summed E-state index contributed by atoms with van der Waals surface area (Å²) in [6, 6.07) is 9.08. The predicted octanol–water partition coefficient (Wildman–Crippen LogP) is 2.59. The molecule has 3 heteroatoms. The average molecular weight is 201 g/mol. The highest BCUT2D eigenvalue weighted by Crippen LogP contribution is 2.25. The van der Waals surface area contributed by atoms with Gasteiger partial charge in [-0.3, -0.25) is 0 Å². The third-order valence-corrected chi connectivity index (χ3v) is 2.08. The maximum Gasteiger partial charge on any atom is 0.167 e. The summed E-state index contributed by atoms with van der Waals surface area (Å²) in [5.41, 5.74) is 0.638. The number of allylic oxidation sites excluding steroid dienone is 3. The summed E-state index contributed by atoms with van der Waals surface area (Å²) < 4.78 is 13.3. The monoisotopic (exact) mass is 201 g/mol. The zero-order chi connectivity index (χ0) is 10.7. The Balaban J connectivity index is 2.44. The van der Waals surface area contributed by atoms with Gasteiger partial charge in [-0.25, -0.2) is 9.18 Å². The number of benzene rings is 1. The van der Waals surface area contributed by atoms with Crippen LogP contribution in [0.25, 0.3) is 0 Å². The number of halogens is 1. The Morgan fingerprint density at radius 1 is 1.20 bits per heavy atom. The van der Waals surface area contributed by atoms with E-state index >= 15 is 0 Å². The first kappa shape index (κ1) is 9.44. The minimum atomic E-state index is -0.573. The highest BCUT2D eigenvalue weighted by molar-refractivity contribution is 5.72. The van der Waals surface area contributed by atoms with Gasteiger partial charge in [-0.05, 0) is 24.3 Å². The third kappa shape index (κ3) is 1.73. The van der Waals surface area contributed by atoms with Crippen molar-refractivity contribution < 1.29 is 9.18 Å². The summed E-state index contributed by atoms with van der Waals surface area (Å²) in [7, 11) is 0. The van der Waals surface area contributed by atoms with Crippen molar-refractivity contribution in [1.82, 2.24) is 0 Å². The molecule has 1 aliphatic heterocycles. The van der Waals surface area contributed by atoms with Crippen LogP contribution in [0.1, 0.15) is 0 Å². The molecule has 2 rings (SSSR count). The van der Waals surface area contributed by atoms with Crippen LogP contribution in [-0.2, 0) is 4.79 Å². The van der Waals surface area contributed by atoms with Gasteiger partial charge in [0.25, 0.3) is 0 Å². The van der Waals surface area contributed by atoms with Gasteiger partial charge in [0.15, 0.2) is 17.5 Å². The summed E-state index contributed by atoms with van der Waals surface area (Å²) >= 11 is 0. The van der Waals surface area contributed by atoms with Gasteiger partial charge in [-0.2, -0.15) is 0 Å². The Labute approximate surface area is 86.6 Å². The highest BCUT2D eigenvalue weighted by Gasteiger charge is 2.17. The van der Waals surface area contributed by atoms with Gasteiger partial charge >= 0.3 is 0 Å². The molecule has 0 saturated heterocycles. The largest absolute Gasteiger partial charge is 0.305 e. The van der Waals surface area contributed by atoms with Crippen molar-refractivity contribution in [2.75, 3.05) is 4.90 Å². The molecule has 74 valence electrons. The van der Waals surface area contributed by atoms with Gasteiger partial charge < -0.3 is 4.90 Å². The Bertz CT molecular complexity index is 470. The van der Waals surface area contributed by atoms with E-state index in [9.17, 15) is 9.18 Å². The number of anilines is 1. The fourth-order valence-corrected chi connectivity index (χ4v) is 1.38. The molecule has 15 heavy (non-hydrogen) atoms. The average Bonchev–Trinajstić information content (AvgIpc) is 2.30. The van der Waals surface area contributed by atoms with Crippen molar-refractivity contribution >= 4 is 11.6 Å². The van der Waals surface area contributed by atoms with Crippen LogP contribution in [0.15, 0.2) is 60.2 Å². The third-order valence-electron chi connectivity index (χ3n) is 2.08. The molecule has 1 aromatic carbocycles. The van der Waals surface area contributed by atoms with Crippen molar-refractivity contribution in [2.45, 2.75) is 0 Å². The van der Waals surface area contributed by atoms with E-state index < -0.39 is 5.83 Å². The van der Waals surface area contributed by atoms with Gasteiger partial charge in [0.2, 0.25) is 0 Å². The quantitative estimate of drug-likeness (QED) is 0.651. The Morgan fingerprint density at radius 3 is 2.60 bits per heavy atom. The summed E-state index contributed by atoms with van der Waals surface area (Å²) in [6.45, 7) is 0. The highest BCUT2D eigenvalue weighted by atomic mass is 19.1. The molecule has 0 aliphatic carbocycles. The number of hydrogen-bond acceptors (Lipinski definition) is 2. The molecule has 0 atom stereocenters. The van der Waals surface area contributed by atoms with E-state index in [-0.39, 0.29) is 5.70 Å². The van der Waals surface area contributed by atoms with Gasteiger partial charge in [-0.15, -0.1) is 0 Å². The summed E-state index contributed by atoms with van der Waals surface area (Å²) in [4.78, 5) is 12.1. The molecule has 0 N–H and O–H groups in total. The molecule has 0 unspecified atom stereocenters. The van der Waals surface area contributed by atoms with E-state index in [1.54, 1.807) is 30.4 Å². The molecular formula is C12H8FNO. The first-order chi connectivity index (χ1) is 7.33. The van der Waals surface area contributed by atoms with Crippen LogP contribution in [0, 0.1) is 0 Å². The number of nitrogens with zero attached hydrogens (tertiary/aromatic N) is 1. The Kier molecular flexibility index (Phi) is 2.48. The number of carbonyl (C=O) groups excluding carboxylic acids is 1. The molecule has 0 radical (unpaired) electrons. The van der Waals surface area contributed by atoms with Crippen LogP contribution in [0.5, 0.6) is 0 Å². The number of hydrogen-bond donors (Lipinski definition) is 0. The molecule has 0 spiro atoms. The standard InChI is InChI=1S/C12H8FNO/c13-11-7-4-8-14(12(11)9-15)10-5-2-1-3-6-10/h1-8H. The Hall–Kier alpha value is -2.12. The molecule has 1 aliphatic rings. The normalized spacial score (nSPS) is 14.9. The van der Waals surface area contributed by atoms with Crippen LogP contribution in [0.2, 0.25) is 0 Å². The SMILES string of the molecule is O=C=C1C(F)=CC=CN1c1ccccc1. The van der Waals surface area contributed by atoms with Crippen LogP contribution in [0.4, 0.5) is 10.1 Å². The van der Waals surface area contributed by atoms with Crippen LogP contribution < -0.4 is 4.90 Å². The van der Waals surface area contributed by atoms with E-state index in [4.69, 9.17) is 0 Å². The van der Waals surface area contributed by atoms with Crippen LogP contribution >= 0.6 is 0 Å². The smallest absolute Gasteiger partial charge is 0.167 e. The number of rotatable bonds is 1. The minimum absolute atomic E-state index is 0.0938. The molecule has 1 heterocycles. The van der Waals surface area contributed by atoms with E-state index in [1.165, 1.54) is 11.0 Å². The van der Waals surface area contributed by atoms with E-state index in [0.29, 0.717) is 0 Å². The van der Waals surface area contributed by atoms with Gasteiger partial charge in [0, 0.05) is 11.9 Å². The topological polar surface area (TPSA) is 20.3 Å². The molecule has 2 nitrogen and oxygen atoms in total. The van der Waals surface area contributed by atoms with Gasteiger partial charge in [0.05, 0.1) is 0 Å². The van der Waals surface area contributed by atoms with Crippen molar-refractivity contribution in [2.24, 2.45) is 0 Å². The summed E-state index contributed by atoms with van der Waals surface area (Å²) in [5.74, 6) is 1.03. The van der Waals surface area contributed by atoms with Crippen molar-refractivity contribution in [3.05, 3.63) is 60.2 Å². The molecule has 0 saturated carbocycles. The van der Waals surface area contributed by atoms with Crippen LogP contribution in [-0.4, -0.2) is 5.94 Å². The Morgan fingerprint density at radius 2 is 1.93 bits per heavy atom. The second-order valence-corrected chi connectivity index (χ2v) is 3.01. The van der Waals surface area contributed by atoms with E-state index in [2.05, 4.69) is 0 Å². The van der Waals surface area contributed by atoms with Gasteiger partial charge in [-0.1, -0.05) is 18.2 Å². The molecule has 0 amide bonds. The van der Waals surface area contributed by atoms with E-state index in [1.807, 2.05) is 18.2 Å². The summed E-state index contributed by atoms with van der Waals surface area (Å²) in [6.07, 6.45) is 4.40. The maximum atomic E-state index is 13.3. The van der Waals surface area contributed by atoms with Crippen LogP contribution in [0.3, 0.4) is 0 Å². The second-order valence-electron chi connectivity index (χ2n) is 3.01. The lowest BCUT2D eigenvalue weighted by Gasteiger charge is -2.21. The first-order valence-electron chi connectivity index (χ1n) is 4.46.